The Morgan fingerprint density at radius 3 is 2.96 bits per heavy atom. The molecule has 0 fully saturated rings. The van der Waals surface area contributed by atoms with Gasteiger partial charge in [-0.25, -0.2) is 9.78 Å². The highest BCUT2D eigenvalue weighted by Gasteiger charge is 2.28. The lowest BCUT2D eigenvalue weighted by atomic mass is 10.0. The fourth-order valence-corrected chi connectivity index (χ4v) is 3.32. The molecule has 1 amide bonds. The summed E-state index contributed by atoms with van der Waals surface area (Å²) in [5.41, 5.74) is 3.97. The number of rotatable bonds is 3. The molecular formula is C20H19N3O3. The third kappa shape index (κ3) is 2.94. The summed E-state index contributed by atoms with van der Waals surface area (Å²) in [6.07, 6.45) is 2.57. The zero-order valence-electron chi connectivity index (χ0n) is 14.4. The Morgan fingerprint density at radius 2 is 2.08 bits per heavy atom. The van der Waals surface area contributed by atoms with Crippen LogP contribution in [0.3, 0.4) is 0 Å². The number of amides is 1. The van der Waals surface area contributed by atoms with Gasteiger partial charge in [-0.1, -0.05) is 18.2 Å². The Hall–Kier alpha value is -3.15. The highest BCUT2D eigenvalue weighted by molar-refractivity contribution is 6.00. The second-order valence-electron chi connectivity index (χ2n) is 6.40. The van der Waals surface area contributed by atoms with Crippen LogP contribution in [0.25, 0.3) is 11.0 Å². The summed E-state index contributed by atoms with van der Waals surface area (Å²) in [5, 5.41) is 0. The van der Waals surface area contributed by atoms with Crippen LogP contribution in [0.15, 0.2) is 48.8 Å². The van der Waals surface area contributed by atoms with Gasteiger partial charge in [-0.05, 0) is 49.6 Å². The number of fused-ring (bicyclic) bond motifs is 2. The first-order valence-corrected chi connectivity index (χ1v) is 8.67. The lowest BCUT2D eigenvalue weighted by Crippen LogP contribution is -2.42. The second-order valence-corrected chi connectivity index (χ2v) is 6.40. The van der Waals surface area contributed by atoms with Crippen molar-refractivity contribution in [2.45, 2.75) is 25.9 Å². The summed E-state index contributed by atoms with van der Waals surface area (Å²) in [4.78, 5) is 34.1. The van der Waals surface area contributed by atoms with E-state index in [2.05, 4.69) is 9.97 Å². The molecule has 1 aromatic heterocycles. The number of carbonyl (C=O) groups excluding carboxylic acids is 2. The van der Waals surface area contributed by atoms with Crippen LogP contribution in [0.1, 0.15) is 29.3 Å². The van der Waals surface area contributed by atoms with Crippen molar-refractivity contribution in [1.29, 1.82) is 0 Å². The number of para-hydroxylation sites is 1. The van der Waals surface area contributed by atoms with E-state index < -0.39 is 12.1 Å². The third-order valence-electron chi connectivity index (χ3n) is 4.66. The van der Waals surface area contributed by atoms with E-state index in [9.17, 15) is 9.59 Å². The summed E-state index contributed by atoms with van der Waals surface area (Å²) in [7, 11) is 0. The Morgan fingerprint density at radius 1 is 1.23 bits per heavy atom. The number of nitrogens with one attached hydrogen (secondary N) is 1. The molecule has 2 aromatic carbocycles. The summed E-state index contributed by atoms with van der Waals surface area (Å²) in [5.74, 6) is -0.722. The molecule has 1 unspecified atom stereocenters. The third-order valence-corrected chi connectivity index (χ3v) is 4.66. The Balaban J connectivity index is 1.50. The van der Waals surface area contributed by atoms with E-state index >= 15 is 0 Å². The highest BCUT2D eigenvalue weighted by atomic mass is 16.5. The minimum absolute atomic E-state index is 0.201. The number of aryl methyl sites for hydroxylation is 1. The second kappa shape index (κ2) is 6.63. The normalized spacial score (nSPS) is 14.7. The van der Waals surface area contributed by atoms with E-state index in [1.807, 2.05) is 24.3 Å². The van der Waals surface area contributed by atoms with Crippen LogP contribution in [-0.4, -0.2) is 34.5 Å². The highest BCUT2D eigenvalue weighted by Crippen LogP contribution is 2.27. The van der Waals surface area contributed by atoms with Gasteiger partial charge in [0.25, 0.3) is 5.91 Å². The standard InChI is InChI=1S/C20H19N3O3/c1-13(19(24)23-10-4-6-14-5-2-3-7-18(14)23)26-20(25)15-8-9-16-17(11-15)22-12-21-16/h2-3,5,7-9,11-13H,4,6,10H2,1H3,(H,21,22). The number of H-pyrrole nitrogens is 1. The summed E-state index contributed by atoms with van der Waals surface area (Å²) >= 11 is 0. The van der Waals surface area contributed by atoms with E-state index in [4.69, 9.17) is 4.74 Å². The van der Waals surface area contributed by atoms with Gasteiger partial charge in [0, 0.05) is 12.2 Å². The van der Waals surface area contributed by atoms with Gasteiger partial charge in [0.05, 0.1) is 22.9 Å². The van der Waals surface area contributed by atoms with E-state index in [1.165, 1.54) is 0 Å². The number of esters is 1. The average Bonchev–Trinajstić information content (AvgIpc) is 3.14. The summed E-state index contributed by atoms with van der Waals surface area (Å²) in [6, 6.07) is 12.9. The molecule has 0 radical (unpaired) electrons. The number of hydrogen-bond acceptors (Lipinski definition) is 4. The molecule has 3 aromatic rings. The smallest absolute Gasteiger partial charge is 0.338 e. The van der Waals surface area contributed by atoms with Gasteiger partial charge in [-0.15, -0.1) is 0 Å². The molecule has 4 rings (SSSR count). The molecule has 2 heterocycles. The molecule has 1 atom stereocenters. The number of ether oxygens (including phenoxy) is 1. The molecule has 6 heteroatoms. The number of nitrogens with zero attached hydrogens (tertiary/aromatic N) is 2. The van der Waals surface area contributed by atoms with Gasteiger partial charge in [-0.2, -0.15) is 0 Å². The Labute approximate surface area is 150 Å². The van der Waals surface area contributed by atoms with E-state index in [1.54, 1.807) is 36.4 Å². The predicted octanol–water partition coefficient (Wildman–Crippen LogP) is 3.09. The number of hydrogen-bond donors (Lipinski definition) is 1. The fourth-order valence-electron chi connectivity index (χ4n) is 3.32. The van der Waals surface area contributed by atoms with Gasteiger partial charge in [-0.3, -0.25) is 4.79 Å². The van der Waals surface area contributed by atoms with Gasteiger partial charge in [0.2, 0.25) is 0 Å². The number of aromatic nitrogens is 2. The van der Waals surface area contributed by atoms with Crippen molar-refractivity contribution in [1.82, 2.24) is 9.97 Å². The maximum absolute atomic E-state index is 12.8. The molecule has 132 valence electrons. The molecule has 0 saturated carbocycles. The molecule has 0 bridgehead atoms. The van der Waals surface area contributed by atoms with Gasteiger partial charge >= 0.3 is 5.97 Å². The predicted molar refractivity (Wildman–Crippen MR) is 98.1 cm³/mol. The van der Waals surface area contributed by atoms with E-state index in [-0.39, 0.29) is 5.91 Å². The first kappa shape index (κ1) is 16.3. The number of carbonyl (C=O) groups is 2. The van der Waals surface area contributed by atoms with Crippen molar-refractivity contribution < 1.29 is 14.3 Å². The Kier molecular flexibility index (Phi) is 4.16. The maximum atomic E-state index is 12.8. The summed E-state index contributed by atoms with van der Waals surface area (Å²) in [6.45, 7) is 2.25. The molecular weight excluding hydrogens is 330 g/mol. The van der Waals surface area contributed by atoms with E-state index in [0.29, 0.717) is 12.1 Å². The van der Waals surface area contributed by atoms with Crippen molar-refractivity contribution in [3.63, 3.8) is 0 Å². The zero-order chi connectivity index (χ0) is 18.1. The molecule has 1 aliphatic rings. The minimum Gasteiger partial charge on any atom is -0.449 e. The van der Waals surface area contributed by atoms with Gasteiger partial charge < -0.3 is 14.6 Å². The number of benzene rings is 2. The molecule has 1 aliphatic heterocycles. The number of aromatic amines is 1. The first-order valence-electron chi connectivity index (χ1n) is 8.67. The van der Waals surface area contributed by atoms with Crippen molar-refractivity contribution in [2.24, 2.45) is 0 Å². The molecule has 1 N–H and O–H groups in total. The van der Waals surface area contributed by atoms with Crippen molar-refractivity contribution in [2.75, 3.05) is 11.4 Å². The monoisotopic (exact) mass is 349 g/mol. The van der Waals surface area contributed by atoms with Crippen LogP contribution in [0.5, 0.6) is 0 Å². The largest absolute Gasteiger partial charge is 0.449 e. The van der Waals surface area contributed by atoms with Gasteiger partial charge in [0.1, 0.15) is 0 Å². The van der Waals surface area contributed by atoms with Crippen LogP contribution in [0.4, 0.5) is 5.69 Å². The molecule has 0 aliphatic carbocycles. The maximum Gasteiger partial charge on any atom is 0.338 e. The fraction of sp³-hybridized carbons (Fsp3) is 0.250. The minimum atomic E-state index is -0.855. The lowest BCUT2D eigenvalue weighted by molar-refractivity contribution is -0.126. The van der Waals surface area contributed by atoms with Crippen LogP contribution < -0.4 is 4.90 Å². The van der Waals surface area contributed by atoms with Crippen molar-refractivity contribution >= 4 is 28.6 Å². The van der Waals surface area contributed by atoms with Gasteiger partial charge in [0.15, 0.2) is 6.10 Å². The average molecular weight is 349 g/mol. The quantitative estimate of drug-likeness (QED) is 0.737. The SMILES string of the molecule is CC(OC(=O)c1ccc2nc[nH]c2c1)C(=O)N1CCCc2ccccc21. The van der Waals surface area contributed by atoms with Crippen molar-refractivity contribution in [3.05, 3.63) is 59.9 Å². The molecule has 26 heavy (non-hydrogen) atoms. The van der Waals surface area contributed by atoms with Crippen LogP contribution >= 0.6 is 0 Å². The van der Waals surface area contributed by atoms with Crippen molar-refractivity contribution in [3.8, 4) is 0 Å². The molecule has 0 spiro atoms. The first-order chi connectivity index (χ1) is 12.6. The van der Waals surface area contributed by atoms with Crippen LogP contribution in [0.2, 0.25) is 0 Å². The molecule has 0 saturated heterocycles. The Bertz CT molecular complexity index is 979. The van der Waals surface area contributed by atoms with Crippen LogP contribution in [0, 0.1) is 0 Å². The zero-order valence-corrected chi connectivity index (χ0v) is 14.4. The number of anilines is 1. The molecule has 6 nitrogen and oxygen atoms in total. The lowest BCUT2D eigenvalue weighted by Gasteiger charge is -2.31. The topological polar surface area (TPSA) is 75.3 Å². The number of imidazole rings is 1. The van der Waals surface area contributed by atoms with Crippen LogP contribution in [-0.2, 0) is 16.0 Å². The van der Waals surface area contributed by atoms with E-state index in [0.717, 1.165) is 35.1 Å². The summed E-state index contributed by atoms with van der Waals surface area (Å²) < 4.78 is 5.43.